The van der Waals surface area contributed by atoms with Gasteiger partial charge in [-0.15, -0.1) is 0 Å². The van der Waals surface area contributed by atoms with Crippen LogP contribution in [0.2, 0.25) is 0 Å². The first kappa shape index (κ1) is 21.0. The molecular weight excluding hydrogens is 429 g/mol. The van der Waals surface area contributed by atoms with Gasteiger partial charge in [0.15, 0.2) is 0 Å². The molecule has 0 bridgehead atoms. The average molecular weight is 448 g/mol. The predicted octanol–water partition coefficient (Wildman–Crippen LogP) is 5.99. The van der Waals surface area contributed by atoms with Gasteiger partial charge in [0.05, 0.1) is 24.5 Å². The number of hydrogen-bond acceptors (Lipinski definition) is 3. The second kappa shape index (κ2) is 7.64. The fourth-order valence-electron chi connectivity index (χ4n) is 4.28. The van der Waals surface area contributed by atoms with Crippen LogP contribution in [-0.2, 0) is 5.60 Å². The molecule has 0 aliphatic rings. The Morgan fingerprint density at radius 1 is 0.848 bits per heavy atom. The number of halogens is 3. The zero-order chi connectivity index (χ0) is 23.2. The number of methoxy groups -OCH3 is 1. The maximum atomic E-state index is 14.7. The minimum Gasteiger partial charge on any atom is -0.496 e. The third-order valence-corrected chi connectivity index (χ3v) is 5.87. The summed E-state index contributed by atoms with van der Waals surface area (Å²) in [6.45, 7) is 0. The Hall–Kier alpha value is -3.84. The summed E-state index contributed by atoms with van der Waals surface area (Å²) < 4.78 is 50.9. The Balaban J connectivity index is 1.77. The van der Waals surface area contributed by atoms with Crippen molar-refractivity contribution in [2.24, 2.45) is 0 Å². The van der Waals surface area contributed by atoms with Crippen LogP contribution in [0.5, 0.6) is 5.75 Å². The topological polar surface area (TPSA) is 47.3 Å². The highest BCUT2D eigenvalue weighted by atomic mass is 19.4. The molecule has 33 heavy (non-hydrogen) atoms. The molecule has 0 aliphatic heterocycles. The summed E-state index contributed by atoms with van der Waals surface area (Å²) in [5.41, 5.74) is -2.56. The molecule has 0 amide bonds. The van der Waals surface area contributed by atoms with Crippen molar-refractivity contribution in [2.75, 3.05) is 7.11 Å². The van der Waals surface area contributed by atoms with Crippen molar-refractivity contribution < 1.29 is 23.0 Å². The standard InChI is InChI=1S/C26H19F3N2O2/c1-33-23-14-11-17-7-5-6-10-21(17)24(23)25(32,26(27,28)29)19-12-13-22-18(15-19)16-30-31(22)20-8-3-2-4-9-20/h2-16,32H,1H3. The predicted molar refractivity (Wildman–Crippen MR) is 121 cm³/mol. The van der Waals surface area contributed by atoms with Gasteiger partial charge in [0.25, 0.3) is 0 Å². The van der Waals surface area contributed by atoms with E-state index in [1.165, 1.54) is 31.5 Å². The van der Waals surface area contributed by atoms with Crippen LogP contribution in [0.4, 0.5) is 13.2 Å². The van der Waals surface area contributed by atoms with Gasteiger partial charge in [0, 0.05) is 10.9 Å². The molecule has 7 heteroatoms. The Labute approximate surface area is 187 Å². The van der Waals surface area contributed by atoms with Crippen LogP contribution in [0.15, 0.2) is 91.1 Å². The number of alkyl halides is 3. The molecule has 4 nitrogen and oxygen atoms in total. The molecule has 0 fully saturated rings. The lowest BCUT2D eigenvalue weighted by atomic mass is 9.82. The van der Waals surface area contributed by atoms with Gasteiger partial charge >= 0.3 is 6.18 Å². The van der Waals surface area contributed by atoms with E-state index in [1.54, 1.807) is 41.1 Å². The van der Waals surface area contributed by atoms with Crippen molar-refractivity contribution in [3.63, 3.8) is 0 Å². The van der Waals surface area contributed by atoms with Crippen LogP contribution >= 0.6 is 0 Å². The van der Waals surface area contributed by atoms with Gasteiger partial charge in [-0.05, 0) is 46.7 Å². The monoisotopic (exact) mass is 448 g/mol. The van der Waals surface area contributed by atoms with Gasteiger partial charge in [-0.2, -0.15) is 18.3 Å². The molecule has 0 spiro atoms. The minimum atomic E-state index is -5.02. The number of nitrogens with zero attached hydrogens (tertiary/aromatic N) is 2. The fourth-order valence-corrected chi connectivity index (χ4v) is 4.28. The quantitative estimate of drug-likeness (QED) is 0.368. The highest BCUT2D eigenvalue weighted by Gasteiger charge is 2.58. The van der Waals surface area contributed by atoms with E-state index >= 15 is 0 Å². The SMILES string of the molecule is COc1ccc2ccccc2c1C(O)(c1ccc2c(cnn2-c2ccccc2)c1)C(F)(F)F. The first-order valence-corrected chi connectivity index (χ1v) is 10.2. The summed E-state index contributed by atoms with van der Waals surface area (Å²) in [7, 11) is 1.29. The van der Waals surface area contributed by atoms with Gasteiger partial charge in [-0.1, -0.05) is 54.6 Å². The fraction of sp³-hybridized carbons (Fsp3) is 0.115. The zero-order valence-corrected chi connectivity index (χ0v) is 17.5. The number of fused-ring (bicyclic) bond motifs is 2. The number of ether oxygens (including phenoxy) is 1. The summed E-state index contributed by atoms with van der Waals surface area (Å²) in [6.07, 6.45) is -3.53. The van der Waals surface area contributed by atoms with Crippen molar-refractivity contribution in [1.29, 1.82) is 0 Å². The third-order valence-electron chi connectivity index (χ3n) is 5.87. The number of aromatic nitrogens is 2. The number of para-hydroxylation sites is 1. The van der Waals surface area contributed by atoms with Gasteiger partial charge in [0.1, 0.15) is 5.75 Å². The second-order valence-corrected chi connectivity index (χ2v) is 7.74. The number of benzene rings is 4. The van der Waals surface area contributed by atoms with E-state index in [4.69, 9.17) is 4.74 Å². The van der Waals surface area contributed by atoms with E-state index in [2.05, 4.69) is 5.10 Å². The van der Waals surface area contributed by atoms with Crippen molar-refractivity contribution >= 4 is 21.7 Å². The first-order valence-electron chi connectivity index (χ1n) is 10.2. The molecule has 1 atom stereocenters. The highest BCUT2D eigenvalue weighted by Crippen LogP contribution is 2.50. The molecule has 1 aromatic heterocycles. The summed E-state index contributed by atoms with van der Waals surface area (Å²) >= 11 is 0. The smallest absolute Gasteiger partial charge is 0.425 e. The van der Waals surface area contributed by atoms with E-state index in [1.807, 2.05) is 30.3 Å². The highest BCUT2D eigenvalue weighted by molar-refractivity contribution is 5.90. The zero-order valence-electron chi connectivity index (χ0n) is 17.5. The van der Waals surface area contributed by atoms with E-state index in [0.29, 0.717) is 16.3 Å². The molecule has 0 saturated heterocycles. The van der Waals surface area contributed by atoms with Crippen LogP contribution in [0, 0.1) is 0 Å². The normalized spacial score (nSPS) is 13.8. The molecule has 1 N–H and O–H groups in total. The first-order chi connectivity index (χ1) is 15.8. The molecule has 166 valence electrons. The van der Waals surface area contributed by atoms with E-state index in [9.17, 15) is 18.3 Å². The van der Waals surface area contributed by atoms with Crippen LogP contribution in [0.25, 0.3) is 27.4 Å². The van der Waals surface area contributed by atoms with Crippen LogP contribution in [-0.4, -0.2) is 28.2 Å². The summed E-state index contributed by atoms with van der Waals surface area (Å²) in [5.74, 6) is -0.0476. The molecular formula is C26H19F3N2O2. The van der Waals surface area contributed by atoms with E-state index in [-0.39, 0.29) is 22.3 Å². The van der Waals surface area contributed by atoms with E-state index < -0.39 is 11.8 Å². The molecule has 5 aromatic rings. The van der Waals surface area contributed by atoms with Crippen molar-refractivity contribution in [2.45, 2.75) is 11.8 Å². The molecule has 0 radical (unpaired) electrons. The number of aliphatic hydroxyl groups is 1. The van der Waals surface area contributed by atoms with Gasteiger partial charge in [-0.3, -0.25) is 0 Å². The van der Waals surface area contributed by atoms with Crippen molar-refractivity contribution in [3.05, 3.63) is 102 Å². The molecule has 1 unspecified atom stereocenters. The summed E-state index contributed by atoms with van der Waals surface area (Å²) in [4.78, 5) is 0. The maximum Gasteiger partial charge on any atom is 0.425 e. The largest absolute Gasteiger partial charge is 0.496 e. The van der Waals surface area contributed by atoms with Crippen molar-refractivity contribution in [1.82, 2.24) is 9.78 Å². The third kappa shape index (κ3) is 3.24. The minimum absolute atomic E-state index is 0.0476. The Kier molecular flexibility index (Phi) is 4.87. The van der Waals surface area contributed by atoms with Crippen LogP contribution < -0.4 is 4.74 Å². The molecule has 5 rings (SSSR count). The summed E-state index contributed by atoms with van der Waals surface area (Å²) in [6, 6.07) is 23.2. The Bertz CT molecular complexity index is 1460. The van der Waals surface area contributed by atoms with E-state index in [0.717, 1.165) is 5.69 Å². The lowest BCUT2D eigenvalue weighted by Crippen LogP contribution is -2.43. The number of hydrogen-bond donors (Lipinski definition) is 1. The van der Waals surface area contributed by atoms with Crippen molar-refractivity contribution in [3.8, 4) is 11.4 Å². The Morgan fingerprint density at radius 3 is 2.30 bits per heavy atom. The molecule has 1 heterocycles. The van der Waals surface area contributed by atoms with Gasteiger partial charge in [-0.25, -0.2) is 4.68 Å². The van der Waals surface area contributed by atoms with Gasteiger partial charge in [0.2, 0.25) is 5.60 Å². The van der Waals surface area contributed by atoms with Crippen LogP contribution in [0.1, 0.15) is 11.1 Å². The van der Waals surface area contributed by atoms with Crippen LogP contribution in [0.3, 0.4) is 0 Å². The molecule has 0 aliphatic carbocycles. The maximum absolute atomic E-state index is 14.7. The average Bonchev–Trinajstić information content (AvgIpc) is 3.26. The second-order valence-electron chi connectivity index (χ2n) is 7.74. The molecule has 0 saturated carbocycles. The lowest BCUT2D eigenvalue weighted by molar-refractivity contribution is -0.248. The summed E-state index contributed by atoms with van der Waals surface area (Å²) in [5, 5.41) is 17.1. The lowest BCUT2D eigenvalue weighted by Gasteiger charge is -2.33. The molecule has 4 aromatic carbocycles. The Morgan fingerprint density at radius 2 is 1.58 bits per heavy atom. The van der Waals surface area contributed by atoms with Gasteiger partial charge < -0.3 is 9.84 Å². The number of rotatable bonds is 4.